The molecular weight excluding hydrogens is 436 g/mol. The van der Waals surface area contributed by atoms with Crippen molar-refractivity contribution in [2.45, 2.75) is 25.7 Å². The Bertz CT molecular complexity index is 997. The number of nitrogens with one attached hydrogen (secondary N) is 1. The normalized spacial score (nSPS) is 16.6. The number of primary amides is 1. The predicted molar refractivity (Wildman–Crippen MR) is 122 cm³/mol. The molecule has 1 fully saturated rings. The summed E-state index contributed by atoms with van der Waals surface area (Å²) in [7, 11) is 0. The number of anilines is 1. The summed E-state index contributed by atoms with van der Waals surface area (Å²) < 4.78 is 0. The van der Waals surface area contributed by atoms with Crippen molar-refractivity contribution in [3.63, 3.8) is 0 Å². The topological polar surface area (TPSA) is 95.7 Å². The van der Waals surface area contributed by atoms with Gasteiger partial charge in [-0.25, -0.2) is 0 Å². The van der Waals surface area contributed by atoms with Crippen LogP contribution in [0.15, 0.2) is 24.3 Å². The van der Waals surface area contributed by atoms with Crippen molar-refractivity contribution in [1.29, 1.82) is 0 Å². The molecule has 3 amide bonds. The van der Waals surface area contributed by atoms with Gasteiger partial charge in [-0.2, -0.15) is 0 Å². The van der Waals surface area contributed by atoms with Crippen molar-refractivity contribution in [3.8, 4) is 0 Å². The van der Waals surface area contributed by atoms with Crippen LogP contribution in [0.25, 0.3) is 0 Å². The minimum Gasteiger partial charge on any atom is -0.365 e. The molecular formula is C22H25ClN4O3S. The first kappa shape index (κ1) is 21.8. The van der Waals surface area contributed by atoms with E-state index in [1.54, 1.807) is 29.2 Å². The molecule has 0 radical (unpaired) electrons. The fraction of sp³-hybridized carbons (Fsp3) is 0.409. The van der Waals surface area contributed by atoms with Gasteiger partial charge < -0.3 is 16.0 Å². The third kappa shape index (κ3) is 4.92. The van der Waals surface area contributed by atoms with Gasteiger partial charge in [0, 0.05) is 41.6 Å². The van der Waals surface area contributed by atoms with Crippen LogP contribution in [0.4, 0.5) is 5.00 Å². The van der Waals surface area contributed by atoms with E-state index in [1.807, 2.05) is 4.90 Å². The number of nitrogens with zero attached hydrogens (tertiary/aromatic N) is 2. The number of thiophene rings is 1. The Kier molecular flexibility index (Phi) is 6.60. The van der Waals surface area contributed by atoms with Crippen LogP contribution in [0.3, 0.4) is 0 Å². The van der Waals surface area contributed by atoms with Crippen LogP contribution >= 0.6 is 22.9 Å². The second-order valence-electron chi connectivity index (χ2n) is 7.90. The Morgan fingerprint density at radius 2 is 1.71 bits per heavy atom. The highest BCUT2D eigenvalue weighted by molar-refractivity contribution is 7.17. The molecule has 0 spiro atoms. The van der Waals surface area contributed by atoms with Gasteiger partial charge in [0.05, 0.1) is 12.1 Å². The number of benzene rings is 1. The minimum atomic E-state index is -0.482. The second kappa shape index (κ2) is 9.38. The first-order valence-corrected chi connectivity index (χ1v) is 11.6. The Morgan fingerprint density at radius 3 is 2.39 bits per heavy atom. The molecule has 164 valence electrons. The zero-order chi connectivity index (χ0) is 22.0. The molecule has 2 aromatic rings. The van der Waals surface area contributed by atoms with Crippen molar-refractivity contribution in [2.75, 3.05) is 38.0 Å². The van der Waals surface area contributed by atoms with Crippen molar-refractivity contribution in [1.82, 2.24) is 9.80 Å². The van der Waals surface area contributed by atoms with E-state index in [1.165, 1.54) is 11.3 Å². The summed E-state index contributed by atoms with van der Waals surface area (Å²) in [5.41, 5.74) is 7.70. The molecule has 0 saturated carbocycles. The van der Waals surface area contributed by atoms with Crippen LogP contribution in [0.5, 0.6) is 0 Å². The molecule has 1 aliphatic carbocycles. The lowest BCUT2D eigenvalue weighted by atomic mass is 9.95. The molecule has 9 heteroatoms. The van der Waals surface area contributed by atoms with E-state index >= 15 is 0 Å². The highest BCUT2D eigenvalue weighted by atomic mass is 35.5. The number of aryl methyl sites for hydroxylation is 1. The summed E-state index contributed by atoms with van der Waals surface area (Å²) in [6.45, 7) is 2.53. The van der Waals surface area contributed by atoms with Crippen LogP contribution in [0, 0.1) is 0 Å². The Morgan fingerprint density at radius 1 is 1.03 bits per heavy atom. The number of rotatable bonds is 5. The first-order valence-electron chi connectivity index (χ1n) is 10.4. The molecule has 31 heavy (non-hydrogen) atoms. The average Bonchev–Trinajstić information content (AvgIpc) is 3.12. The molecule has 7 nitrogen and oxygen atoms in total. The first-order chi connectivity index (χ1) is 14.9. The molecule has 3 N–H and O–H groups in total. The largest absolute Gasteiger partial charge is 0.365 e. The smallest absolute Gasteiger partial charge is 0.253 e. The highest BCUT2D eigenvalue weighted by Crippen LogP contribution is 2.37. The number of piperazine rings is 1. The summed E-state index contributed by atoms with van der Waals surface area (Å²) in [5.74, 6) is -0.682. The number of halogens is 1. The molecule has 4 rings (SSSR count). The molecule has 1 saturated heterocycles. The summed E-state index contributed by atoms with van der Waals surface area (Å²) in [6, 6.07) is 6.86. The van der Waals surface area contributed by atoms with E-state index < -0.39 is 5.91 Å². The zero-order valence-electron chi connectivity index (χ0n) is 17.2. The number of hydrogen-bond donors (Lipinski definition) is 2. The maximum Gasteiger partial charge on any atom is 0.253 e. The van der Waals surface area contributed by atoms with Gasteiger partial charge in [-0.15, -0.1) is 11.3 Å². The maximum absolute atomic E-state index is 12.6. The molecule has 0 atom stereocenters. The van der Waals surface area contributed by atoms with Gasteiger partial charge >= 0.3 is 0 Å². The monoisotopic (exact) mass is 460 g/mol. The van der Waals surface area contributed by atoms with Crippen molar-refractivity contribution in [2.24, 2.45) is 5.73 Å². The van der Waals surface area contributed by atoms with Crippen LogP contribution in [0.1, 0.15) is 44.0 Å². The standard InChI is InChI=1S/C22H25ClN4O3S/c23-15-7-5-14(6-8-15)22(30)27-11-9-26(10-12-27)13-18(28)25-21-19(20(24)29)16-3-1-2-4-17(16)31-21/h5-8H,1-4,9-13H2,(H2,24,29)(H,25,28). The Hall–Kier alpha value is -2.42. The Balaban J connectivity index is 1.33. The molecule has 0 bridgehead atoms. The van der Waals surface area contributed by atoms with Gasteiger partial charge in [0.25, 0.3) is 11.8 Å². The molecule has 0 unspecified atom stereocenters. The Labute approximate surface area is 190 Å². The summed E-state index contributed by atoms with van der Waals surface area (Å²) in [6.07, 6.45) is 3.90. The van der Waals surface area contributed by atoms with E-state index in [2.05, 4.69) is 5.32 Å². The molecule has 2 heterocycles. The van der Waals surface area contributed by atoms with E-state index in [0.717, 1.165) is 36.1 Å². The van der Waals surface area contributed by atoms with E-state index in [9.17, 15) is 14.4 Å². The fourth-order valence-electron chi connectivity index (χ4n) is 4.17. The van der Waals surface area contributed by atoms with Crippen molar-refractivity contribution >= 4 is 45.7 Å². The van der Waals surface area contributed by atoms with Gasteiger partial charge in [0.15, 0.2) is 0 Å². The van der Waals surface area contributed by atoms with E-state index in [4.69, 9.17) is 17.3 Å². The number of carbonyl (C=O) groups is 3. The van der Waals surface area contributed by atoms with Gasteiger partial charge in [0.1, 0.15) is 5.00 Å². The van der Waals surface area contributed by atoms with Crippen molar-refractivity contribution in [3.05, 3.63) is 50.9 Å². The predicted octanol–water partition coefficient (Wildman–Crippen LogP) is 2.78. The zero-order valence-corrected chi connectivity index (χ0v) is 18.7. The number of nitrogens with two attached hydrogens (primary N) is 1. The minimum absolute atomic E-state index is 0.0314. The van der Waals surface area contributed by atoms with Gasteiger partial charge in [-0.1, -0.05) is 11.6 Å². The van der Waals surface area contributed by atoms with Gasteiger partial charge in [-0.05, 0) is 55.5 Å². The summed E-state index contributed by atoms with van der Waals surface area (Å²) in [4.78, 5) is 42.2. The van der Waals surface area contributed by atoms with Crippen LogP contribution in [-0.2, 0) is 17.6 Å². The highest BCUT2D eigenvalue weighted by Gasteiger charge is 2.27. The lowest BCUT2D eigenvalue weighted by molar-refractivity contribution is -0.117. The van der Waals surface area contributed by atoms with Crippen LogP contribution < -0.4 is 11.1 Å². The van der Waals surface area contributed by atoms with E-state index in [0.29, 0.717) is 47.3 Å². The third-order valence-electron chi connectivity index (χ3n) is 5.79. The summed E-state index contributed by atoms with van der Waals surface area (Å²) in [5, 5.41) is 4.07. The van der Waals surface area contributed by atoms with Crippen LogP contribution in [-0.4, -0.2) is 60.2 Å². The van der Waals surface area contributed by atoms with Gasteiger partial charge in [-0.3, -0.25) is 19.3 Å². The number of carbonyl (C=O) groups excluding carboxylic acids is 3. The SMILES string of the molecule is NC(=O)c1c(NC(=O)CN2CCN(C(=O)c3ccc(Cl)cc3)CC2)sc2c1CCCC2. The average molecular weight is 461 g/mol. The number of hydrogen-bond acceptors (Lipinski definition) is 5. The maximum atomic E-state index is 12.6. The lowest BCUT2D eigenvalue weighted by Crippen LogP contribution is -2.50. The molecule has 1 aromatic carbocycles. The van der Waals surface area contributed by atoms with Crippen molar-refractivity contribution < 1.29 is 14.4 Å². The van der Waals surface area contributed by atoms with Crippen LogP contribution in [0.2, 0.25) is 5.02 Å². The number of fused-ring (bicyclic) bond motifs is 1. The lowest BCUT2D eigenvalue weighted by Gasteiger charge is -2.34. The van der Waals surface area contributed by atoms with Gasteiger partial charge in [0.2, 0.25) is 5.91 Å². The molecule has 2 aliphatic rings. The molecule has 1 aromatic heterocycles. The fourth-order valence-corrected chi connectivity index (χ4v) is 5.60. The second-order valence-corrected chi connectivity index (χ2v) is 9.44. The quantitative estimate of drug-likeness (QED) is 0.717. The number of amides is 3. The molecule has 1 aliphatic heterocycles. The third-order valence-corrected chi connectivity index (χ3v) is 7.25. The summed E-state index contributed by atoms with van der Waals surface area (Å²) >= 11 is 7.36. The van der Waals surface area contributed by atoms with E-state index in [-0.39, 0.29) is 18.4 Å².